The van der Waals surface area contributed by atoms with Crippen LogP contribution in [0, 0.1) is 24.0 Å². The fraction of sp³-hybridized carbons (Fsp3) is 0.286. The Hall–Kier alpha value is -3.40. The Morgan fingerprint density at radius 2 is 1.94 bits per heavy atom. The zero-order valence-electron chi connectivity index (χ0n) is 17.7. The van der Waals surface area contributed by atoms with E-state index < -0.39 is 4.92 Å². The van der Waals surface area contributed by atoms with E-state index >= 15 is 0 Å². The highest BCUT2D eigenvalue weighted by molar-refractivity contribution is 7.99. The van der Waals surface area contributed by atoms with E-state index in [9.17, 15) is 14.9 Å². The average Bonchev–Trinajstić information content (AvgIpc) is 3.11. The number of likely N-dealkylation sites (N-methyl/N-ethyl adjacent to an activating group) is 1. The number of hydrogen-bond donors (Lipinski definition) is 0. The number of aromatic nitrogens is 3. The fourth-order valence-electron chi connectivity index (χ4n) is 2.98. The van der Waals surface area contributed by atoms with Gasteiger partial charge in [0.25, 0.3) is 11.6 Å². The van der Waals surface area contributed by atoms with E-state index in [1.54, 1.807) is 30.8 Å². The molecule has 31 heavy (non-hydrogen) atoms. The predicted octanol–water partition coefficient (Wildman–Crippen LogP) is 3.64. The van der Waals surface area contributed by atoms with Crippen molar-refractivity contribution in [1.82, 2.24) is 19.7 Å². The van der Waals surface area contributed by atoms with Gasteiger partial charge in [-0.05, 0) is 61.0 Å². The smallest absolute Gasteiger partial charge is 0.284 e. The number of benzene rings is 2. The minimum atomic E-state index is -0.501. The molecule has 3 aromatic rings. The lowest BCUT2D eigenvalue weighted by molar-refractivity contribution is -0.387. The van der Waals surface area contributed by atoms with Gasteiger partial charge in [-0.15, -0.1) is 10.2 Å². The number of nitro benzene ring substituents is 1. The molecule has 1 heterocycles. The number of amides is 1. The molecule has 0 aliphatic carbocycles. The lowest BCUT2D eigenvalue weighted by Crippen LogP contribution is -2.30. The number of nitro groups is 1. The number of aryl methyl sites for hydroxylation is 3. The lowest BCUT2D eigenvalue weighted by atomic mass is 10.1. The van der Waals surface area contributed by atoms with E-state index in [2.05, 4.69) is 16.3 Å². The van der Waals surface area contributed by atoms with Gasteiger partial charge in [0.05, 0.1) is 16.4 Å². The number of carbonyl (C=O) groups is 1. The molecule has 9 nitrogen and oxygen atoms in total. The quantitative estimate of drug-likeness (QED) is 0.388. The maximum Gasteiger partial charge on any atom is 0.284 e. The molecule has 0 radical (unpaired) electrons. The van der Waals surface area contributed by atoms with Gasteiger partial charge >= 0.3 is 0 Å². The summed E-state index contributed by atoms with van der Waals surface area (Å²) in [5.41, 5.74) is 2.29. The summed E-state index contributed by atoms with van der Waals surface area (Å²) in [5, 5.41) is 19.8. The van der Waals surface area contributed by atoms with Crippen molar-refractivity contribution in [2.45, 2.75) is 23.9 Å². The van der Waals surface area contributed by atoms with Crippen molar-refractivity contribution < 1.29 is 14.5 Å². The average molecular weight is 442 g/mol. The molecule has 0 aliphatic rings. The maximum atomic E-state index is 12.8. The van der Waals surface area contributed by atoms with Crippen LogP contribution in [0.3, 0.4) is 0 Å². The summed E-state index contributed by atoms with van der Waals surface area (Å²) in [6.07, 6.45) is 1.52. The van der Waals surface area contributed by atoms with Crippen LogP contribution in [-0.4, -0.2) is 50.7 Å². The van der Waals surface area contributed by atoms with Gasteiger partial charge in [-0.1, -0.05) is 6.07 Å². The third kappa shape index (κ3) is 5.60. The van der Waals surface area contributed by atoms with Crippen molar-refractivity contribution in [3.05, 3.63) is 69.5 Å². The molecule has 0 spiro atoms. The molecule has 2 aromatic carbocycles. The number of hydrogen-bond acceptors (Lipinski definition) is 7. The standard InChI is InChI=1S/C21H23N5O4S/c1-14-9-15(2)11-17(10-14)30-8-7-24(3)20(27)16-5-6-19(18(12-16)26(28)29)31-21-23-22-13-25(21)4/h5-6,9-13H,7-8H2,1-4H3. The van der Waals surface area contributed by atoms with Gasteiger partial charge < -0.3 is 14.2 Å². The van der Waals surface area contributed by atoms with Crippen LogP contribution in [-0.2, 0) is 7.05 Å². The van der Waals surface area contributed by atoms with E-state index in [-0.39, 0.29) is 17.2 Å². The SMILES string of the molecule is Cc1cc(C)cc(OCCN(C)C(=O)c2ccc(Sc3nncn3C)c([N+](=O)[O-])c2)c1. The highest BCUT2D eigenvalue weighted by Gasteiger charge is 2.21. The van der Waals surface area contributed by atoms with Crippen LogP contribution < -0.4 is 4.74 Å². The molecule has 0 unspecified atom stereocenters. The molecule has 3 rings (SSSR count). The van der Waals surface area contributed by atoms with Crippen LogP contribution in [0.2, 0.25) is 0 Å². The Morgan fingerprint density at radius 1 is 1.23 bits per heavy atom. The van der Waals surface area contributed by atoms with E-state index in [4.69, 9.17) is 4.74 Å². The normalized spacial score (nSPS) is 10.7. The molecule has 0 atom stereocenters. The van der Waals surface area contributed by atoms with E-state index in [1.165, 1.54) is 17.3 Å². The highest BCUT2D eigenvalue weighted by Crippen LogP contribution is 2.34. The third-order valence-electron chi connectivity index (χ3n) is 4.51. The molecule has 0 aliphatic heterocycles. The second-order valence-electron chi connectivity index (χ2n) is 7.16. The van der Waals surface area contributed by atoms with Crippen LogP contribution in [0.25, 0.3) is 0 Å². The second-order valence-corrected chi connectivity index (χ2v) is 8.17. The summed E-state index contributed by atoms with van der Waals surface area (Å²) in [6, 6.07) is 10.4. The van der Waals surface area contributed by atoms with Crippen LogP contribution in [0.4, 0.5) is 5.69 Å². The molecular formula is C21H23N5O4S. The second kappa shape index (κ2) is 9.61. The summed E-state index contributed by atoms with van der Waals surface area (Å²) in [6.45, 7) is 4.64. The Kier molecular flexibility index (Phi) is 6.91. The van der Waals surface area contributed by atoms with Gasteiger partial charge in [-0.3, -0.25) is 14.9 Å². The van der Waals surface area contributed by atoms with Crippen molar-refractivity contribution >= 4 is 23.4 Å². The summed E-state index contributed by atoms with van der Waals surface area (Å²) in [4.78, 5) is 25.7. The Bertz CT molecular complexity index is 1090. The van der Waals surface area contributed by atoms with Crippen molar-refractivity contribution in [2.24, 2.45) is 7.05 Å². The first kappa shape index (κ1) is 22.3. The van der Waals surface area contributed by atoms with E-state index in [1.807, 2.05) is 26.0 Å². The van der Waals surface area contributed by atoms with Gasteiger partial charge in [0.15, 0.2) is 5.16 Å². The van der Waals surface area contributed by atoms with E-state index in [0.717, 1.165) is 28.6 Å². The minimum absolute atomic E-state index is 0.154. The topological polar surface area (TPSA) is 103 Å². The van der Waals surface area contributed by atoms with Crippen LogP contribution in [0.15, 0.2) is 52.8 Å². The lowest BCUT2D eigenvalue weighted by Gasteiger charge is -2.18. The zero-order valence-corrected chi connectivity index (χ0v) is 18.5. The van der Waals surface area contributed by atoms with Crippen molar-refractivity contribution in [1.29, 1.82) is 0 Å². The van der Waals surface area contributed by atoms with Gasteiger partial charge in [0.1, 0.15) is 18.7 Å². The zero-order chi connectivity index (χ0) is 22.5. The van der Waals surface area contributed by atoms with Crippen molar-refractivity contribution in [3.8, 4) is 5.75 Å². The Morgan fingerprint density at radius 3 is 2.55 bits per heavy atom. The summed E-state index contributed by atoms with van der Waals surface area (Å²) in [7, 11) is 3.39. The van der Waals surface area contributed by atoms with Gasteiger partial charge in [0, 0.05) is 25.7 Å². The summed E-state index contributed by atoms with van der Waals surface area (Å²) >= 11 is 1.12. The maximum absolute atomic E-state index is 12.8. The summed E-state index contributed by atoms with van der Waals surface area (Å²) in [5.74, 6) is 0.432. The molecule has 0 fully saturated rings. The van der Waals surface area contributed by atoms with Crippen LogP contribution >= 0.6 is 11.8 Å². The molecule has 10 heteroatoms. The number of rotatable bonds is 8. The van der Waals surface area contributed by atoms with Crippen molar-refractivity contribution in [3.63, 3.8) is 0 Å². The van der Waals surface area contributed by atoms with Crippen LogP contribution in [0.1, 0.15) is 21.5 Å². The first-order chi connectivity index (χ1) is 14.7. The number of carbonyl (C=O) groups excluding carboxylic acids is 1. The fourth-order valence-corrected chi connectivity index (χ4v) is 3.83. The summed E-state index contributed by atoms with van der Waals surface area (Å²) < 4.78 is 7.42. The molecule has 0 saturated carbocycles. The van der Waals surface area contributed by atoms with Gasteiger partial charge in [-0.2, -0.15) is 0 Å². The molecule has 162 valence electrons. The number of nitrogens with zero attached hydrogens (tertiary/aromatic N) is 5. The van der Waals surface area contributed by atoms with Gasteiger partial charge in [-0.25, -0.2) is 0 Å². The van der Waals surface area contributed by atoms with Crippen LogP contribution in [0.5, 0.6) is 5.75 Å². The number of ether oxygens (including phenoxy) is 1. The monoisotopic (exact) mass is 441 g/mol. The molecule has 1 aromatic heterocycles. The largest absolute Gasteiger partial charge is 0.492 e. The molecule has 1 amide bonds. The van der Waals surface area contributed by atoms with Gasteiger partial charge in [0.2, 0.25) is 0 Å². The Labute approximate surface area is 184 Å². The minimum Gasteiger partial charge on any atom is -0.492 e. The molecule has 0 bridgehead atoms. The van der Waals surface area contributed by atoms with E-state index in [0.29, 0.717) is 23.2 Å². The first-order valence-electron chi connectivity index (χ1n) is 9.51. The first-order valence-corrected chi connectivity index (χ1v) is 10.3. The molecule has 0 N–H and O–H groups in total. The molecular weight excluding hydrogens is 418 g/mol. The predicted molar refractivity (Wildman–Crippen MR) is 117 cm³/mol. The van der Waals surface area contributed by atoms with Crippen molar-refractivity contribution in [2.75, 3.05) is 20.2 Å². The molecule has 0 saturated heterocycles. The third-order valence-corrected chi connectivity index (χ3v) is 5.63. The highest BCUT2D eigenvalue weighted by atomic mass is 32.2. The Balaban J connectivity index is 1.67.